The molecule has 0 aliphatic rings. The van der Waals surface area contributed by atoms with E-state index < -0.39 is 0 Å². The van der Waals surface area contributed by atoms with Gasteiger partial charge in [0.25, 0.3) is 0 Å². The Bertz CT molecular complexity index is 990. The van der Waals surface area contributed by atoms with Gasteiger partial charge in [0.15, 0.2) is 0 Å². The van der Waals surface area contributed by atoms with E-state index in [-0.39, 0.29) is 11.5 Å². The highest BCUT2D eigenvalue weighted by Crippen LogP contribution is 2.26. The maximum atomic E-state index is 10.5. The Morgan fingerprint density at radius 3 is 1.31 bits per heavy atom. The fourth-order valence-electron chi connectivity index (χ4n) is 3.29. The van der Waals surface area contributed by atoms with E-state index in [2.05, 4.69) is 36.3 Å². The van der Waals surface area contributed by atoms with E-state index in [0.29, 0.717) is 36.8 Å². The third-order valence-electron chi connectivity index (χ3n) is 4.71. The molecule has 0 spiro atoms. The zero-order chi connectivity index (χ0) is 23.3. The highest BCUT2D eigenvalue weighted by molar-refractivity contribution is 5.86. The monoisotopic (exact) mass is 426 g/mol. The fraction of sp³-hybridized carbons (Fsp3) is 0.143. The van der Waals surface area contributed by atoms with Crippen molar-refractivity contribution >= 4 is 12.4 Å². The molecule has 0 fully saturated rings. The smallest absolute Gasteiger partial charge is 0.127 e. The SMILES string of the molecule is C=CCc1cc(C=N/C=C/N=Cc2cc(CC=C)cc(CC=C)c2O)c(O)c(CC=C)c1. The van der Waals surface area contributed by atoms with Crippen molar-refractivity contribution in [2.24, 2.45) is 9.98 Å². The predicted molar refractivity (Wildman–Crippen MR) is 136 cm³/mol. The molecule has 32 heavy (non-hydrogen) atoms. The van der Waals surface area contributed by atoms with Gasteiger partial charge in [-0.25, -0.2) is 0 Å². The van der Waals surface area contributed by atoms with E-state index in [0.717, 1.165) is 22.3 Å². The Morgan fingerprint density at radius 1 is 0.594 bits per heavy atom. The highest BCUT2D eigenvalue weighted by atomic mass is 16.3. The first-order chi connectivity index (χ1) is 15.5. The summed E-state index contributed by atoms with van der Waals surface area (Å²) in [5.41, 5.74) is 4.94. The molecule has 0 aromatic heterocycles. The van der Waals surface area contributed by atoms with Gasteiger partial charge >= 0.3 is 0 Å². The van der Waals surface area contributed by atoms with Crippen LogP contribution in [0.4, 0.5) is 0 Å². The lowest BCUT2D eigenvalue weighted by atomic mass is 10.0. The molecule has 0 saturated carbocycles. The van der Waals surface area contributed by atoms with Gasteiger partial charge in [0.1, 0.15) is 11.5 Å². The summed E-state index contributed by atoms with van der Waals surface area (Å²) in [5.74, 6) is 0.383. The number of nitrogens with zero attached hydrogens (tertiary/aromatic N) is 2. The molecule has 4 heteroatoms. The van der Waals surface area contributed by atoms with Crippen molar-refractivity contribution in [1.82, 2.24) is 0 Å². The molecule has 2 N–H and O–H groups in total. The number of benzene rings is 2. The van der Waals surface area contributed by atoms with Gasteiger partial charge in [-0.15, -0.1) is 26.3 Å². The van der Waals surface area contributed by atoms with Gasteiger partial charge in [0.2, 0.25) is 0 Å². The summed E-state index contributed by atoms with van der Waals surface area (Å²) in [6.07, 6.45) is 15.9. The van der Waals surface area contributed by atoms with Gasteiger partial charge in [-0.05, 0) is 60.1 Å². The van der Waals surface area contributed by atoms with Gasteiger partial charge in [0, 0.05) is 36.0 Å². The lowest BCUT2D eigenvalue weighted by Gasteiger charge is -2.08. The standard InChI is InChI=1S/C28H30N2O2/c1-5-9-21-15-23(11-7-3)27(31)25(17-21)19-29-13-14-30-20-26-18-22(10-6-2)16-24(12-8-4)28(26)32/h5-8,13-20,31-32H,1-4,9-12H2/b14-13+,29-19?,30-20?. The Kier molecular flexibility index (Phi) is 9.67. The van der Waals surface area contributed by atoms with Crippen molar-refractivity contribution in [2.45, 2.75) is 25.7 Å². The molecule has 0 saturated heterocycles. The van der Waals surface area contributed by atoms with Crippen LogP contribution in [0.15, 0.2) is 97.3 Å². The van der Waals surface area contributed by atoms with Crippen LogP contribution in [0.25, 0.3) is 0 Å². The summed E-state index contributed by atoms with van der Waals surface area (Å²) in [5, 5.41) is 20.9. The molecule has 0 aliphatic carbocycles. The quantitative estimate of drug-likeness (QED) is 0.322. The molecule has 0 bridgehead atoms. The van der Waals surface area contributed by atoms with Gasteiger partial charge in [-0.1, -0.05) is 36.4 Å². The molecule has 0 unspecified atom stereocenters. The van der Waals surface area contributed by atoms with E-state index in [1.165, 1.54) is 12.4 Å². The first kappa shape index (κ1) is 24.4. The molecule has 2 aromatic carbocycles. The zero-order valence-electron chi connectivity index (χ0n) is 18.4. The van der Waals surface area contributed by atoms with E-state index in [1.807, 2.05) is 36.4 Å². The van der Waals surface area contributed by atoms with E-state index in [9.17, 15) is 10.2 Å². The van der Waals surface area contributed by atoms with Crippen LogP contribution in [-0.4, -0.2) is 22.6 Å². The third-order valence-corrected chi connectivity index (χ3v) is 4.71. The summed E-state index contributed by atoms with van der Waals surface area (Å²) >= 11 is 0. The predicted octanol–water partition coefficient (Wildman–Crippen LogP) is 6.02. The maximum absolute atomic E-state index is 10.5. The van der Waals surface area contributed by atoms with Crippen LogP contribution >= 0.6 is 0 Å². The van der Waals surface area contributed by atoms with Crippen molar-refractivity contribution in [1.29, 1.82) is 0 Å². The van der Waals surface area contributed by atoms with Crippen LogP contribution in [0.2, 0.25) is 0 Å². The normalized spacial score (nSPS) is 11.4. The minimum absolute atomic E-state index is 0.192. The molecule has 0 aliphatic heterocycles. The average Bonchev–Trinajstić information content (AvgIpc) is 2.77. The zero-order valence-corrected chi connectivity index (χ0v) is 18.4. The van der Waals surface area contributed by atoms with Crippen LogP contribution in [0.1, 0.15) is 33.4 Å². The molecule has 0 atom stereocenters. The van der Waals surface area contributed by atoms with E-state index in [1.54, 1.807) is 24.6 Å². The molecule has 0 heterocycles. The fourth-order valence-corrected chi connectivity index (χ4v) is 3.29. The number of phenolic OH excluding ortho intramolecular Hbond substituents is 2. The second-order valence-electron chi connectivity index (χ2n) is 7.21. The van der Waals surface area contributed by atoms with E-state index >= 15 is 0 Å². The Labute approximate surface area is 190 Å². The summed E-state index contributed by atoms with van der Waals surface area (Å²) < 4.78 is 0. The van der Waals surface area contributed by atoms with E-state index in [4.69, 9.17) is 0 Å². The molecular formula is C28H30N2O2. The van der Waals surface area contributed by atoms with Gasteiger partial charge in [-0.2, -0.15) is 0 Å². The lowest BCUT2D eigenvalue weighted by Crippen LogP contribution is -1.94. The lowest BCUT2D eigenvalue weighted by molar-refractivity contribution is 0.468. The number of hydrogen-bond donors (Lipinski definition) is 2. The summed E-state index contributed by atoms with van der Waals surface area (Å²) in [7, 11) is 0. The second-order valence-corrected chi connectivity index (χ2v) is 7.21. The van der Waals surface area contributed by atoms with Crippen molar-refractivity contribution in [3.05, 3.63) is 121 Å². The molecule has 4 nitrogen and oxygen atoms in total. The minimum Gasteiger partial charge on any atom is -0.507 e. The minimum atomic E-state index is 0.192. The average molecular weight is 427 g/mol. The Balaban J connectivity index is 2.20. The summed E-state index contributed by atoms with van der Waals surface area (Å²) in [6, 6.07) is 7.66. The van der Waals surface area contributed by atoms with Crippen molar-refractivity contribution < 1.29 is 10.2 Å². The van der Waals surface area contributed by atoms with Gasteiger partial charge < -0.3 is 10.2 Å². The van der Waals surface area contributed by atoms with Crippen LogP contribution < -0.4 is 0 Å². The number of allylic oxidation sites excluding steroid dienone is 4. The van der Waals surface area contributed by atoms with Gasteiger partial charge in [0.05, 0.1) is 0 Å². The molecule has 0 radical (unpaired) electrons. The maximum Gasteiger partial charge on any atom is 0.127 e. The topological polar surface area (TPSA) is 65.2 Å². The van der Waals surface area contributed by atoms with Crippen molar-refractivity contribution in [2.75, 3.05) is 0 Å². The molecular weight excluding hydrogens is 396 g/mol. The Morgan fingerprint density at radius 2 is 0.969 bits per heavy atom. The number of phenols is 2. The van der Waals surface area contributed by atoms with Crippen LogP contribution in [0.5, 0.6) is 11.5 Å². The molecule has 164 valence electrons. The third kappa shape index (κ3) is 6.81. The van der Waals surface area contributed by atoms with Gasteiger partial charge in [-0.3, -0.25) is 9.98 Å². The summed E-state index contributed by atoms with van der Waals surface area (Å²) in [4.78, 5) is 8.47. The largest absolute Gasteiger partial charge is 0.507 e. The van der Waals surface area contributed by atoms with Crippen molar-refractivity contribution in [3.8, 4) is 11.5 Å². The molecule has 0 amide bonds. The van der Waals surface area contributed by atoms with Crippen LogP contribution in [-0.2, 0) is 25.7 Å². The number of rotatable bonds is 12. The first-order valence-corrected chi connectivity index (χ1v) is 10.4. The second kappa shape index (κ2) is 12.7. The van der Waals surface area contributed by atoms with Crippen molar-refractivity contribution in [3.63, 3.8) is 0 Å². The highest BCUT2D eigenvalue weighted by Gasteiger charge is 2.08. The number of hydrogen-bond acceptors (Lipinski definition) is 4. The number of aromatic hydroxyl groups is 2. The first-order valence-electron chi connectivity index (χ1n) is 10.4. The number of aliphatic imine (C=N–C) groups is 2. The van der Waals surface area contributed by atoms with Crippen LogP contribution in [0, 0.1) is 0 Å². The van der Waals surface area contributed by atoms with Crippen LogP contribution in [0.3, 0.4) is 0 Å². The summed E-state index contributed by atoms with van der Waals surface area (Å²) in [6.45, 7) is 15.0. The Hall–Kier alpha value is -3.92. The molecule has 2 aromatic rings. The molecule has 2 rings (SSSR count).